The number of aromatic hydroxyl groups is 1. The van der Waals surface area contributed by atoms with Crippen LogP contribution in [0.15, 0.2) is 54.1 Å². The topological polar surface area (TPSA) is 77.8 Å². The molecule has 1 heterocycles. The van der Waals surface area contributed by atoms with E-state index in [-0.39, 0.29) is 17.1 Å². The van der Waals surface area contributed by atoms with Gasteiger partial charge in [-0.05, 0) is 36.1 Å². The average Bonchev–Trinajstić information content (AvgIpc) is 2.99. The number of likely N-dealkylation sites (tertiary alicyclic amines) is 1. The number of carbonyl (C=O) groups is 2. The summed E-state index contributed by atoms with van der Waals surface area (Å²) in [6, 6.07) is 13.1. The van der Waals surface area contributed by atoms with E-state index in [0.29, 0.717) is 17.7 Å². The third-order valence-corrected chi connectivity index (χ3v) is 5.39. The van der Waals surface area contributed by atoms with Gasteiger partial charge in [-0.15, -0.1) is 0 Å². The molecule has 2 N–H and O–H groups in total. The third-order valence-electron chi connectivity index (χ3n) is 5.39. The molecule has 0 radical (unpaired) electrons. The molecule has 1 unspecified atom stereocenters. The van der Waals surface area contributed by atoms with Gasteiger partial charge in [0.15, 0.2) is 0 Å². The van der Waals surface area contributed by atoms with Crippen molar-refractivity contribution in [3.63, 3.8) is 0 Å². The lowest BCUT2D eigenvalue weighted by atomic mass is 9.94. The van der Waals surface area contributed by atoms with Gasteiger partial charge < -0.3 is 15.1 Å². The smallest absolute Gasteiger partial charge is 0.295 e. The number of aliphatic hydroxyl groups excluding tert-OH is 1. The molecule has 29 heavy (non-hydrogen) atoms. The number of phenols is 1. The monoisotopic (exact) mass is 393 g/mol. The Morgan fingerprint density at radius 3 is 2.21 bits per heavy atom. The Kier molecular flexibility index (Phi) is 6.37. The molecule has 5 nitrogen and oxygen atoms in total. The number of ketones is 1. The van der Waals surface area contributed by atoms with Crippen molar-refractivity contribution in [1.29, 1.82) is 0 Å². The summed E-state index contributed by atoms with van der Waals surface area (Å²) in [6.45, 7) is 4.56. The highest BCUT2D eigenvalue weighted by Crippen LogP contribution is 2.39. The van der Waals surface area contributed by atoms with Gasteiger partial charge in [0.2, 0.25) is 0 Å². The van der Waals surface area contributed by atoms with Crippen LogP contribution in [0.4, 0.5) is 0 Å². The summed E-state index contributed by atoms with van der Waals surface area (Å²) in [5.74, 6) is -1.32. The first-order valence-corrected chi connectivity index (χ1v) is 10.1. The van der Waals surface area contributed by atoms with Gasteiger partial charge in [-0.2, -0.15) is 0 Å². The standard InChI is InChI=1S/C24H27NO4/c1-3-5-6-15-25-21(17-11-13-19(26)14-12-17)20(23(28)24(25)29)22(27)18-9-7-16(4-2)8-10-18/h7-14,21,26-27H,3-6,15H2,1-2H3/b22-20-. The van der Waals surface area contributed by atoms with Gasteiger partial charge in [-0.1, -0.05) is 63.1 Å². The number of aryl methyl sites for hydroxylation is 1. The molecule has 1 aliphatic rings. The van der Waals surface area contributed by atoms with Gasteiger partial charge in [0.05, 0.1) is 11.6 Å². The van der Waals surface area contributed by atoms with Crippen molar-refractivity contribution in [2.75, 3.05) is 6.54 Å². The Morgan fingerprint density at radius 1 is 0.966 bits per heavy atom. The molecule has 1 atom stereocenters. The fourth-order valence-electron chi connectivity index (χ4n) is 3.70. The van der Waals surface area contributed by atoms with Gasteiger partial charge in [0, 0.05) is 12.1 Å². The molecule has 0 aromatic heterocycles. The Bertz CT molecular complexity index is 913. The van der Waals surface area contributed by atoms with E-state index in [4.69, 9.17) is 0 Å². The SMILES string of the molecule is CCCCCN1C(=O)C(=O)/C(=C(\O)c2ccc(CC)cc2)C1c1ccc(O)cc1. The van der Waals surface area contributed by atoms with Gasteiger partial charge >= 0.3 is 0 Å². The maximum atomic E-state index is 12.9. The van der Waals surface area contributed by atoms with Crippen LogP contribution in [0.2, 0.25) is 0 Å². The van der Waals surface area contributed by atoms with E-state index in [1.54, 1.807) is 24.3 Å². The number of rotatable bonds is 7. The van der Waals surface area contributed by atoms with Crippen LogP contribution in [0.5, 0.6) is 5.75 Å². The van der Waals surface area contributed by atoms with E-state index in [1.807, 2.05) is 19.1 Å². The predicted octanol–water partition coefficient (Wildman–Crippen LogP) is 4.57. The summed E-state index contributed by atoms with van der Waals surface area (Å²) in [7, 11) is 0. The number of hydrogen-bond acceptors (Lipinski definition) is 4. The van der Waals surface area contributed by atoms with Crippen LogP contribution in [0.25, 0.3) is 5.76 Å². The number of hydrogen-bond donors (Lipinski definition) is 2. The second-order valence-electron chi connectivity index (χ2n) is 7.34. The van der Waals surface area contributed by atoms with E-state index in [0.717, 1.165) is 31.2 Å². The molecule has 0 saturated carbocycles. The van der Waals surface area contributed by atoms with Crippen LogP contribution in [0.3, 0.4) is 0 Å². The number of carbonyl (C=O) groups excluding carboxylic acids is 2. The van der Waals surface area contributed by atoms with Gasteiger partial charge in [0.25, 0.3) is 11.7 Å². The normalized spacial score (nSPS) is 18.4. The van der Waals surface area contributed by atoms with Crippen LogP contribution >= 0.6 is 0 Å². The lowest BCUT2D eigenvalue weighted by molar-refractivity contribution is -0.139. The Labute approximate surface area is 171 Å². The maximum absolute atomic E-state index is 12.9. The van der Waals surface area contributed by atoms with Crippen molar-refractivity contribution in [2.24, 2.45) is 0 Å². The van der Waals surface area contributed by atoms with Crippen molar-refractivity contribution in [3.8, 4) is 5.75 Å². The summed E-state index contributed by atoms with van der Waals surface area (Å²) in [5, 5.41) is 20.6. The van der Waals surface area contributed by atoms with E-state index in [1.165, 1.54) is 17.0 Å². The quantitative estimate of drug-likeness (QED) is 0.313. The van der Waals surface area contributed by atoms with Crippen LogP contribution in [-0.2, 0) is 16.0 Å². The molecule has 0 aliphatic carbocycles. The maximum Gasteiger partial charge on any atom is 0.295 e. The van der Waals surface area contributed by atoms with Crippen LogP contribution in [0.1, 0.15) is 55.8 Å². The molecular weight excluding hydrogens is 366 g/mol. The highest BCUT2D eigenvalue weighted by Gasteiger charge is 2.45. The first kappa shape index (κ1) is 20.6. The second-order valence-corrected chi connectivity index (χ2v) is 7.34. The number of aliphatic hydroxyl groups is 1. The van der Waals surface area contributed by atoms with Crippen molar-refractivity contribution >= 4 is 17.4 Å². The predicted molar refractivity (Wildman–Crippen MR) is 112 cm³/mol. The summed E-state index contributed by atoms with van der Waals surface area (Å²) in [6.07, 6.45) is 3.60. The molecule has 2 aromatic carbocycles. The molecule has 152 valence electrons. The number of Topliss-reactive ketones (excluding diaryl/α,β-unsaturated/α-hetero) is 1. The van der Waals surface area contributed by atoms with Crippen LogP contribution in [0, 0.1) is 0 Å². The minimum Gasteiger partial charge on any atom is -0.508 e. The van der Waals surface area contributed by atoms with Crippen molar-refractivity contribution < 1.29 is 19.8 Å². The van der Waals surface area contributed by atoms with Crippen molar-refractivity contribution in [2.45, 2.75) is 45.6 Å². The van der Waals surface area contributed by atoms with Gasteiger partial charge in [-0.3, -0.25) is 9.59 Å². The first-order chi connectivity index (χ1) is 14.0. The summed E-state index contributed by atoms with van der Waals surface area (Å²) < 4.78 is 0. The van der Waals surface area contributed by atoms with Crippen molar-refractivity contribution in [1.82, 2.24) is 4.90 Å². The number of unbranched alkanes of at least 4 members (excludes halogenated alkanes) is 2. The minimum atomic E-state index is -0.670. The lowest BCUT2D eigenvalue weighted by Gasteiger charge is -2.25. The molecule has 5 heteroatoms. The lowest BCUT2D eigenvalue weighted by Crippen LogP contribution is -2.30. The molecule has 1 amide bonds. The Hall–Kier alpha value is -3.08. The molecule has 3 rings (SSSR count). The average molecular weight is 393 g/mol. The summed E-state index contributed by atoms with van der Waals surface area (Å²) >= 11 is 0. The van der Waals surface area contributed by atoms with Gasteiger partial charge in [0.1, 0.15) is 11.5 Å². The van der Waals surface area contributed by atoms with Crippen LogP contribution in [-0.4, -0.2) is 33.3 Å². The third kappa shape index (κ3) is 4.19. The molecule has 0 bridgehead atoms. The number of benzene rings is 2. The highest BCUT2D eigenvalue weighted by molar-refractivity contribution is 6.46. The Balaban J connectivity index is 2.09. The van der Waals surface area contributed by atoms with Gasteiger partial charge in [-0.25, -0.2) is 0 Å². The summed E-state index contributed by atoms with van der Waals surface area (Å²) in [4.78, 5) is 27.2. The van der Waals surface area contributed by atoms with E-state index < -0.39 is 17.7 Å². The number of amides is 1. The van der Waals surface area contributed by atoms with Crippen molar-refractivity contribution in [3.05, 3.63) is 70.8 Å². The molecule has 1 saturated heterocycles. The molecule has 1 fully saturated rings. The zero-order valence-electron chi connectivity index (χ0n) is 16.9. The van der Waals surface area contributed by atoms with E-state index in [9.17, 15) is 19.8 Å². The first-order valence-electron chi connectivity index (χ1n) is 10.1. The summed E-state index contributed by atoms with van der Waals surface area (Å²) in [5.41, 5.74) is 2.42. The zero-order chi connectivity index (χ0) is 21.0. The number of nitrogens with zero attached hydrogens (tertiary/aromatic N) is 1. The molecular formula is C24H27NO4. The fourth-order valence-corrected chi connectivity index (χ4v) is 3.70. The van der Waals surface area contributed by atoms with E-state index >= 15 is 0 Å². The minimum absolute atomic E-state index is 0.0986. The zero-order valence-corrected chi connectivity index (χ0v) is 16.9. The molecule has 0 spiro atoms. The number of phenolic OH excluding ortho intramolecular Hbond substituents is 1. The fraction of sp³-hybridized carbons (Fsp3) is 0.333. The largest absolute Gasteiger partial charge is 0.508 e. The molecule has 2 aromatic rings. The molecule has 1 aliphatic heterocycles. The van der Waals surface area contributed by atoms with E-state index in [2.05, 4.69) is 6.92 Å². The van der Waals surface area contributed by atoms with Crippen LogP contribution < -0.4 is 0 Å². The second kappa shape index (κ2) is 8.95. The highest BCUT2D eigenvalue weighted by atomic mass is 16.3. The Morgan fingerprint density at radius 2 is 1.62 bits per heavy atom.